The molecule has 78 valence electrons. The molecule has 5 heteroatoms. The van der Waals surface area contributed by atoms with Crippen molar-refractivity contribution in [3.8, 4) is 0 Å². The second-order valence-electron chi connectivity index (χ2n) is 2.80. The van der Waals surface area contributed by atoms with Crippen LogP contribution in [0.15, 0.2) is 30.3 Å². The van der Waals surface area contributed by atoms with Crippen LogP contribution in [0.5, 0.6) is 0 Å². The fourth-order valence-corrected chi connectivity index (χ4v) is 1.41. The Balaban J connectivity index is 2.48. The van der Waals surface area contributed by atoms with Gasteiger partial charge >= 0.3 is 5.51 Å². The number of hydrogen-bond donors (Lipinski definition) is 1. The van der Waals surface area contributed by atoms with E-state index in [1.165, 1.54) is 0 Å². The lowest BCUT2D eigenvalue weighted by Crippen LogP contribution is -2.16. The molecule has 0 aromatic heterocycles. The highest BCUT2D eigenvalue weighted by Crippen LogP contribution is 2.29. The van der Waals surface area contributed by atoms with Gasteiger partial charge < -0.3 is 0 Å². The van der Waals surface area contributed by atoms with Gasteiger partial charge in [0.1, 0.15) is 0 Å². The molecule has 0 aliphatic carbocycles. The van der Waals surface area contributed by atoms with Crippen molar-refractivity contribution in [1.82, 2.24) is 4.72 Å². The van der Waals surface area contributed by atoms with Crippen LogP contribution in [-0.2, 0) is 0 Å². The van der Waals surface area contributed by atoms with E-state index in [1.54, 1.807) is 31.2 Å². The highest BCUT2D eigenvalue weighted by molar-refractivity contribution is 7.98. The number of hydrogen-bond acceptors (Lipinski definition) is 2. The second kappa shape index (κ2) is 4.70. The Labute approximate surface area is 84.8 Å². The van der Waals surface area contributed by atoms with Crippen LogP contribution in [-0.4, -0.2) is 5.51 Å². The van der Waals surface area contributed by atoms with Gasteiger partial charge in [-0.15, -0.1) is 0 Å². The highest BCUT2D eigenvalue weighted by atomic mass is 32.2. The van der Waals surface area contributed by atoms with Crippen molar-refractivity contribution in [1.29, 1.82) is 0 Å². The average Bonchev–Trinajstić information content (AvgIpc) is 2.14. The Morgan fingerprint density at radius 3 is 2.29 bits per heavy atom. The molecule has 0 unspecified atom stereocenters. The molecule has 0 spiro atoms. The van der Waals surface area contributed by atoms with Gasteiger partial charge in [0, 0.05) is 18.0 Å². The fraction of sp³-hybridized carbons (Fsp3) is 0.333. The van der Waals surface area contributed by atoms with Crippen LogP contribution in [0.4, 0.5) is 13.2 Å². The van der Waals surface area contributed by atoms with Crippen molar-refractivity contribution in [2.75, 3.05) is 0 Å². The summed E-state index contributed by atoms with van der Waals surface area (Å²) in [6.07, 6.45) is 0. The van der Waals surface area contributed by atoms with E-state index in [0.29, 0.717) is 0 Å². The number of benzene rings is 1. The summed E-state index contributed by atoms with van der Waals surface area (Å²) in [4.78, 5) is 0. The fourth-order valence-electron chi connectivity index (χ4n) is 0.965. The van der Waals surface area contributed by atoms with E-state index in [4.69, 9.17) is 0 Å². The van der Waals surface area contributed by atoms with Gasteiger partial charge in [-0.2, -0.15) is 13.2 Å². The Hall–Kier alpha value is -0.680. The monoisotopic (exact) mass is 221 g/mol. The predicted octanol–water partition coefficient (Wildman–Crippen LogP) is 3.51. The first kappa shape index (κ1) is 11.4. The quantitative estimate of drug-likeness (QED) is 0.784. The molecule has 1 nitrogen and oxygen atoms in total. The summed E-state index contributed by atoms with van der Waals surface area (Å²) in [6.45, 7) is 1.69. The van der Waals surface area contributed by atoms with Gasteiger partial charge in [-0.3, -0.25) is 0 Å². The number of nitrogens with one attached hydrogen (secondary N) is 1. The summed E-state index contributed by atoms with van der Waals surface area (Å²) in [5.41, 5.74) is -3.40. The maximum absolute atomic E-state index is 11.8. The molecule has 1 aromatic rings. The lowest BCUT2D eigenvalue weighted by atomic mass is 10.1. The summed E-state index contributed by atoms with van der Waals surface area (Å²) in [7, 11) is 0. The van der Waals surface area contributed by atoms with E-state index >= 15 is 0 Å². The van der Waals surface area contributed by atoms with Crippen LogP contribution in [0.1, 0.15) is 18.5 Å². The molecule has 0 saturated carbocycles. The maximum Gasteiger partial charge on any atom is 0.456 e. The third kappa shape index (κ3) is 4.02. The third-order valence-corrected chi connectivity index (χ3v) is 2.35. The molecule has 1 atom stereocenters. The van der Waals surface area contributed by atoms with Gasteiger partial charge in [0.2, 0.25) is 0 Å². The van der Waals surface area contributed by atoms with Crippen molar-refractivity contribution < 1.29 is 13.2 Å². The molecule has 1 rings (SSSR count). The molecule has 0 aliphatic rings. The van der Waals surface area contributed by atoms with E-state index in [2.05, 4.69) is 4.72 Å². The molecule has 0 radical (unpaired) electrons. The van der Waals surface area contributed by atoms with E-state index < -0.39 is 5.51 Å². The SMILES string of the molecule is C[C@H](NSC(F)(F)F)c1ccccc1. The van der Waals surface area contributed by atoms with Crippen molar-refractivity contribution in [2.24, 2.45) is 0 Å². The largest absolute Gasteiger partial charge is 0.456 e. The molecule has 0 amide bonds. The van der Waals surface area contributed by atoms with Crippen LogP contribution in [0.25, 0.3) is 0 Å². The van der Waals surface area contributed by atoms with Gasteiger partial charge in [-0.1, -0.05) is 30.3 Å². The van der Waals surface area contributed by atoms with Crippen molar-refractivity contribution >= 4 is 11.9 Å². The third-order valence-electron chi connectivity index (χ3n) is 1.65. The van der Waals surface area contributed by atoms with Gasteiger partial charge in [0.15, 0.2) is 0 Å². The minimum Gasteiger partial charge on any atom is -0.249 e. The predicted molar refractivity (Wildman–Crippen MR) is 51.6 cm³/mol. The van der Waals surface area contributed by atoms with Crippen LogP contribution in [0.2, 0.25) is 0 Å². The van der Waals surface area contributed by atoms with Gasteiger partial charge in [0.05, 0.1) is 0 Å². The molecule has 14 heavy (non-hydrogen) atoms. The number of rotatable bonds is 3. The topological polar surface area (TPSA) is 12.0 Å². The van der Waals surface area contributed by atoms with Crippen LogP contribution in [0.3, 0.4) is 0 Å². The Morgan fingerprint density at radius 1 is 1.21 bits per heavy atom. The first-order valence-corrected chi connectivity index (χ1v) is 4.86. The normalized spacial score (nSPS) is 14.0. The number of alkyl halides is 3. The zero-order valence-corrected chi connectivity index (χ0v) is 8.32. The minimum absolute atomic E-state index is 0.213. The van der Waals surface area contributed by atoms with Crippen LogP contribution in [0, 0.1) is 0 Å². The zero-order valence-electron chi connectivity index (χ0n) is 7.51. The maximum atomic E-state index is 11.8. The first-order chi connectivity index (χ1) is 6.49. The zero-order chi connectivity index (χ0) is 10.6. The van der Waals surface area contributed by atoms with Gasteiger partial charge in [0.25, 0.3) is 0 Å². The summed E-state index contributed by atoms with van der Waals surface area (Å²) < 4.78 is 37.8. The molecule has 1 aromatic carbocycles. The van der Waals surface area contributed by atoms with Gasteiger partial charge in [-0.25, -0.2) is 4.72 Å². The van der Waals surface area contributed by atoms with E-state index in [-0.39, 0.29) is 18.0 Å². The van der Waals surface area contributed by atoms with E-state index in [1.807, 2.05) is 6.07 Å². The molecular formula is C9H10F3NS. The Bertz CT molecular complexity index is 273. The van der Waals surface area contributed by atoms with E-state index in [0.717, 1.165) is 5.56 Å². The lowest BCUT2D eigenvalue weighted by Gasteiger charge is -2.14. The van der Waals surface area contributed by atoms with E-state index in [9.17, 15) is 13.2 Å². The molecule has 0 bridgehead atoms. The Kier molecular flexibility index (Phi) is 3.83. The minimum atomic E-state index is -4.23. The molecular weight excluding hydrogens is 211 g/mol. The summed E-state index contributed by atoms with van der Waals surface area (Å²) in [5, 5.41) is 0. The molecule has 1 N–H and O–H groups in total. The van der Waals surface area contributed by atoms with Gasteiger partial charge in [-0.05, 0) is 12.5 Å². The molecule has 0 saturated heterocycles. The summed E-state index contributed by atoms with van der Waals surface area (Å²) in [6, 6.07) is 8.68. The molecule has 0 fully saturated rings. The van der Waals surface area contributed by atoms with Crippen molar-refractivity contribution in [3.05, 3.63) is 35.9 Å². The number of halogens is 3. The smallest absolute Gasteiger partial charge is 0.249 e. The average molecular weight is 221 g/mol. The molecule has 0 heterocycles. The van der Waals surface area contributed by atoms with Crippen molar-refractivity contribution in [2.45, 2.75) is 18.5 Å². The first-order valence-electron chi connectivity index (χ1n) is 4.04. The second-order valence-corrected chi connectivity index (χ2v) is 3.70. The standard InChI is InChI=1S/C9H10F3NS/c1-7(13-14-9(10,11)12)8-5-3-2-4-6-8/h2-7,13H,1H3/t7-/m0/s1. The molecule has 0 aliphatic heterocycles. The Morgan fingerprint density at radius 2 is 1.79 bits per heavy atom. The van der Waals surface area contributed by atoms with Crippen LogP contribution >= 0.6 is 11.9 Å². The summed E-state index contributed by atoms with van der Waals surface area (Å²) >= 11 is -0.213. The van der Waals surface area contributed by atoms with Crippen LogP contribution < -0.4 is 4.72 Å². The highest BCUT2D eigenvalue weighted by Gasteiger charge is 2.29. The lowest BCUT2D eigenvalue weighted by molar-refractivity contribution is -0.0337. The van der Waals surface area contributed by atoms with Crippen molar-refractivity contribution in [3.63, 3.8) is 0 Å². The summed E-state index contributed by atoms with van der Waals surface area (Å²) in [5.74, 6) is 0.